The van der Waals surface area contributed by atoms with Gasteiger partial charge in [-0.25, -0.2) is 0 Å². The van der Waals surface area contributed by atoms with E-state index < -0.39 is 6.04 Å². The maximum absolute atomic E-state index is 5.71. The molecule has 0 fully saturated rings. The summed E-state index contributed by atoms with van der Waals surface area (Å²) in [4.78, 5) is 8.23. The summed E-state index contributed by atoms with van der Waals surface area (Å²) >= 11 is 5.71. The molecule has 2 aromatic heterocycles. The number of aromatic nitrogens is 2. The Balaban J connectivity index is 2.50. The van der Waals surface area contributed by atoms with Gasteiger partial charge in [-0.2, -0.15) is 0 Å². The Labute approximate surface area is 94.4 Å². The van der Waals surface area contributed by atoms with E-state index in [-0.39, 0.29) is 0 Å². The number of hydrogen-bond donors (Lipinski definition) is 0. The highest BCUT2D eigenvalue weighted by Gasteiger charge is 2.15. The Kier molecular flexibility index (Phi) is 2.94. The second kappa shape index (κ2) is 4.21. The maximum Gasteiger partial charge on any atom is 0.0355 e. The van der Waals surface area contributed by atoms with Gasteiger partial charge < -0.3 is 0 Å². The largest absolute Gasteiger partial charge is 0.264 e. The number of rotatable bonds is 2. The lowest BCUT2D eigenvalue weighted by atomic mass is 10.5. The van der Waals surface area contributed by atoms with Crippen molar-refractivity contribution in [3.63, 3.8) is 0 Å². The fourth-order valence-electron chi connectivity index (χ4n) is 1.36. The molecule has 0 aliphatic heterocycles. The minimum absolute atomic E-state index is 1.13. The highest BCUT2D eigenvalue weighted by Crippen LogP contribution is 2.38. The third-order valence-corrected chi connectivity index (χ3v) is 6.04. The van der Waals surface area contributed by atoms with Crippen molar-refractivity contribution in [2.75, 3.05) is 6.66 Å². The normalized spacial score (nSPS) is 11.3. The highest BCUT2D eigenvalue weighted by molar-refractivity contribution is 8.21. The van der Waals surface area contributed by atoms with E-state index in [1.165, 1.54) is 0 Å². The molecule has 0 aliphatic carbocycles. The summed E-state index contributed by atoms with van der Waals surface area (Å²) < 4.78 is 0. The molecule has 2 aromatic rings. The number of hydrogen-bond acceptors (Lipinski definition) is 3. The first-order chi connectivity index (χ1) is 7.21. The van der Waals surface area contributed by atoms with Gasteiger partial charge in [0.2, 0.25) is 0 Å². The Bertz CT molecular complexity index is 441. The first-order valence-corrected chi connectivity index (χ1v) is 7.85. The van der Waals surface area contributed by atoms with Gasteiger partial charge in [0.25, 0.3) is 0 Å². The Hall–Kier alpha value is -1.05. The molecule has 0 aromatic carbocycles. The van der Waals surface area contributed by atoms with Gasteiger partial charge >= 0.3 is 0 Å². The van der Waals surface area contributed by atoms with E-state index in [4.69, 9.17) is 11.8 Å². The quantitative estimate of drug-likeness (QED) is 0.737. The Morgan fingerprint density at radius 2 is 1.47 bits per heavy atom. The second-order valence-corrected chi connectivity index (χ2v) is 8.42. The molecule has 0 spiro atoms. The summed E-state index contributed by atoms with van der Waals surface area (Å²) in [6.07, 6.45) is 7.24. The van der Waals surface area contributed by atoms with Gasteiger partial charge in [0, 0.05) is 41.4 Å². The van der Waals surface area contributed by atoms with Crippen LogP contribution in [0.4, 0.5) is 0 Å². The van der Waals surface area contributed by atoms with Crippen LogP contribution in [-0.2, 0) is 11.8 Å². The minimum atomic E-state index is -1.69. The molecule has 0 N–H and O–H groups in total. The summed E-state index contributed by atoms with van der Waals surface area (Å²) in [7, 11) is 0. The predicted octanol–water partition coefficient (Wildman–Crippen LogP) is 1.54. The molecular weight excluding hydrogens is 223 g/mol. The van der Waals surface area contributed by atoms with Crippen LogP contribution in [0.25, 0.3) is 0 Å². The molecule has 15 heavy (non-hydrogen) atoms. The summed E-state index contributed by atoms with van der Waals surface area (Å²) in [5, 5.41) is 2.26. The molecule has 4 heteroatoms. The van der Waals surface area contributed by atoms with Crippen LogP contribution in [0, 0.1) is 0 Å². The lowest BCUT2D eigenvalue weighted by molar-refractivity contribution is 1.34. The molecule has 2 nitrogen and oxygen atoms in total. The van der Waals surface area contributed by atoms with Crippen LogP contribution in [0.2, 0.25) is 0 Å². The predicted molar refractivity (Wildman–Crippen MR) is 68.0 cm³/mol. The summed E-state index contributed by atoms with van der Waals surface area (Å²) in [5.41, 5.74) is 0. The van der Waals surface area contributed by atoms with Gasteiger partial charge in [0.1, 0.15) is 0 Å². The van der Waals surface area contributed by atoms with Crippen LogP contribution in [0.3, 0.4) is 0 Å². The zero-order chi connectivity index (χ0) is 10.7. The van der Waals surface area contributed by atoms with Crippen molar-refractivity contribution in [3.8, 4) is 0 Å². The van der Waals surface area contributed by atoms with E-state index in [0.29, 0.717) is 0 Å². The third-order valence-electron chi connectivity index (χ3n) is 2.28. The zero-order valence-corrected chi connectivity index (χ0v) is 10.1. The fourth-order valence-corrected chi connectivity index (χ4v) is 3.62. The van der Waals surface area contributed by atoms with Gasteiger partial charge in [0.15, 0.2) is 0 Å². The summed E-state index contributed by atoms with van der Waals surface area (Å²) in [6.45, 7) is 2.11. The van der Waals surface area contributed by atoms with E-state index in [1.807, 2.05) is 36.7 Å². The van der Waals surface area contributed by atoms with E-state index in [9.17, 15) is 0 Å². The molecule has 0 radical (unpaired) electrons. The van der Waals surface area contributed by atoms with Gasteiger partial charge in [-0.3, -0.25) is 9.97 Å². The van der Waals surface area contributed by atoms with E-state index >= 15 is 0 Å². The fraction of sp³-hybridized carbons (Fsp3) is 0.0909. The standard InChI is InChI=1S/C11H11N2PS/c1-14(15,10-4-2-6-12-8-10)11-5-3-7-13-9-11/h2-9H,1H3. The summed E-state index contributed by atoms with van der Waals surface area (Å²) in [5.74, 6) is 0. The topological polar surface area (TPSA) is 25.8 Å². The lowest BCUT2D eigenvalue weighted by Gasteiger charge is -2.16. The second-order valence-electron chi connectivity index (χ2n) is 3.35. The van der Waals surface area contributed by atoms with Gasteiger partial charge in [-0.05, 0) is 18.8 Å². The molecule has 0 amide bonds. The molecule has 0 unspecified atom stereocenters. The SMILES string of the molecule is CP(=S)(c1cccnc1)c1cccnc1. The molecule has 2 heterocycles. The van der Waals surface area contributed by atoms with Crippen LogP contribution >= 0.6 is 6.04 Å². The van der Waals surface area contributed by atoms with Gasteiger partial charge in [-0.1, -0.05) is 23.9 Å². The van der Waals surface area contributed by atoms with Crippen LogP contribution < -0.4 is 10.6 Å². The van der Waals surface area contributed by atoms with Crippen molar-refractivity contribution in [2.45, 2.75) is 0 Å². The van der Waals surface area contributed by atoms with Gasteiger partial charge in [0.05, 0.1) is 0 Å². The number of nitrogens with zero attached hydrogens (tertiary/aromatic N) is 2. The van der Waals surface area contributed by atoms with Crippen molar-refractivity contribution in [1.29, 1.82) is 0 Å². The summed E-state index contributed by atoms with van der Waals surface area (Å²) in [6, 6.07) is 6.25. The van der Waals surface area contributed by atoms with Crippen LogP contribution in [0.1, 0.15) is 0 Å². The van der Waals surface area contributed by atoms with E-state index in [2.05, 4.69) is 16.6 Å². The smallest absolute Gasteiger partial charge is 0.0355 e. The van der Waals surface area contributed by atoms with Gasteiger partial charge in [-0.15, -0.1) is 0 Å². The molecule has 0 saturated carbocycles. The molecule has 0 bridgehead atoms. The average Bonchev–Trinajstić information content (AvgIpc) is 2.31. The minimum Gasteiger partial charge on any atom is -0.264 e. The van der Waals surface area contributed by atoms with E-state index in [0.717, 1.165) is 10.6 Å². The molecule has 0 saturated heterocycles. The molecule has 0 atom stereocenters. The van der Waals surface area contributed by atoms with Crippen LogP contribution in [0.15, 0.2) is 49.1 Å². The maximum atomic E-state index is 5.71. The van der Waals surface area contributed by atoms with E-state index in [1.54, 1.807) is 12.4 Å². The molecule has 76 valence electrons. The lowest BCUT2D eigenvalue weighted by Crippen LogP contribution is -2.15. The Morgan fingerprint density at radius 3 is 1.80 bits per heavy atom. The third kappa shape index (κ3) is 2.14. The van der Waals surface area contributed by atoms with Crippen molar-refractivity contribution < 1.29 is 0 Å². The molecular formula is C11H11N2PS. The van der Waals surface area contributed by atoms with Crippen molar-refractivity contribution in [3.05, 3.63) is 49.1 Å². The molecule has 2 rings (SSSR count). The van der Waals surface area contributed by atoms with Crippen molar-refractivity contribution in [1.82, 2.24) is 9.97 Å². The first kappa shape index (κ1) is 10.5. The van der Waals surface area contributed by atoms with Crippen molar-refractivity contribution >= 4 is 28.5 Å². The van der Waals surface area contributed by atoms with Crippen molar-refractivity contribution in [2.24, 2.45) is 0 Å². The average molecular weight is 234 g/mol. The molecule has 0 aliphatic rings. The van der Waals surface area contributed by atoms with Crippen LogP contribution in [-0.4, -0.2) is 16.6 Å². The first-order valence-electron chi connectivity index (χ1n) is 4.60. The zero-order valence-electron chi connectivity index (χ0n) is 8.37. The highest BCUT2D eigenvalue weighted by atomic mass is 32.4. The number of pyridine rings is 2. The van der Waals surface area contributed by atoms with Crippen LogP contribution in [0.5, 0.6) is 0 Å². The monoisotopic (exact) mass is 234 g/mol. The Morgan fingerprint density at radius 1 is 1.00 bits per heavy atom.